The molecule has 0 unspecified atom stereocenters. The Bertz CT molecular complexity index is 969. The highest BCUT2D eigenvalue weighted by atomic mass is 35.5. The molecule has 3 aromatic rings. The normalized spacial score (nSPS) is 10.4. The van der Waals surface area contributed by atoms with Crippen LogP contribution >= 0.6 is 36.2 Å². The van der Waals surface area contributed by atoms with E-state index < -0.39 is 0 Å². The number of pyridine rings is 1. The predicted molar refractivity (Wildman–Crippen MR) is 126 cm³/mol. The number of nitrogens with zero attached hydrogens (tertiary/aromatic N) is 2. The number of halogens is 2. The quantitative estimate of drug-likeness (QED) is 0.474. The van der Waals surface area contributed by atoms with Crippen molar-refractivity contribution in [2.24, 2.45) is 11.7 Å². The summed E-state index contributed by atoms with van der Waals surface area (Å²) in [5.74, 6) is 0.460. The van der Waals surface area contributed by atoms with Crippen LogP contribution in [0.25, 0.3) is 21.7 Å². The van der Waals surface area contributed by atoms with E-state index in [2.05, 4.69) is 50.0 Å². The van der Waals surface area contributed by atoms with Gasteiger partial charge in [0.05, 0.1) is 0 Å². The van der Waals surface area contributed by atoms with Crippen LogP contribution in [-0.2, 0) is 13.0 Å². The zero-order valence-corrected chi connectivity index (χ0v) is 19.5. The minimum Gasteiger partial charge on any atom is -0.326 e. The van der Waals surface area contributed by atoms with Crippen LogP contribution in [0, 0.1) is 12.8 Å². The molecule has 2 heterocycles. The molecule has 0 amide bonds. The lowest BCUT2D eigenvalue weighted by Crippen LogP contribution is -2.10. The fourth-order valence-corrected chi connectivity index (χ4v) is 4.02. The fourth-order valence-electron chi connectivity index (χ4n) is 3.15. The Kier molecular flexibility index (Phi) is 9.43. The van der Waals surface area contributed by atoms with Crippen molar-refractivity contribution >= 4 is 41.9 Å². The number of aromatic nitrogens is 2. The van der Waals surface area contributed by atoms with E-state index in [-0.39, 0.29) is 30.6 Å². The van der Waals surface area contributed by atoms with Gasteiger partial charge in [-0.25, -0.2) is 4.98 Å². The van der Waals surface area contributed by atoms with Crippen LogP contribution in [0.4, 0.5) is 0 Å². The van der Waals surface area contributed by atoms with Crippen molar-refractivity contribution in [3.05, 3.63) is 58.4 Å². The number of carbonyl (C=O) groups is 1. The molecule has 7 heteroatoms. The Hall–Kier alpha value is -1.79. The molecule has 29 heavy (non-hydrogen) atoms. The molecule has 0 spiro atoms. The number of nitrogens with two attached hydrogens (primary N) is 1. The van der Waals surface area contributed by atoms with Crippen molar-refractivity contribution in [3.8, 4) is 21.7 Å². The van der Waals surface area contributed by atoms with Gasteiger partial charge in [-0.1, -0.05) is 43.7 Å². The third-order valence-electron chi connectivity index (χ3n) is 4.51. The van der Waals surface area contributed by atoms with Gasteiger partial charge in [-0.05, 0) is 36.0 Å². The minimum atomic E-state index is -0.0298. The van der Waals surface area contributed by atoms with Gasteiger partial charge in [0.25, 0.3) is 0 Å². The lowest BCUT2D eigenvalue weighted by molar-refractivity contribution is 0.101. The molecular formula is C22H27Cl2N3OS. The number of benzene rings is 1. The van der Waals surface area contributed by atoms with Gasteiger partial charge in [-0.2, -0.15) is 0 Å². The molecule has 4 nitrogen and oxygen atoms in total. The molecule has 0 saturated carbocycles. The van der Waals surface area contributed by atoms with Crippen molar-refractivity contribution in [1.82, 2.24) is 9.97 Å². The lowest BCUT2D eigenvalue weighted by atomic mass is 9.91. The first-order valence-corrected chi connectivity index (χ1v) is 10.0. The number of ketones is 1. The summed E-state index contributed by atoms with van der Waals surface area (Å²) in [7, 11) is 0. The number of rotatable bonds is 6. The van der Waals surface area contributed by atoms with E-state index in [0.29, 0.717) is 18.2 Å². The number of aryl methyl sites for hydroxylation is 1. The molecule has 0 aliphatic carbocycles. The van der Waals surface area contributed by atoms with Crippen LogP contribution in [0.15, 0.2) is 35.8 Å². The maximum Gasteiger partial charge on any atom is 0.178 e. The lowest BCUT2D eigenvalue weighted by Gasteiger charge is -2.18. The van der Waals surface area contributed by atoms with E-state index in [4.69, 9.17) is 10.7 Å². The van der Waals surface area contributed by atoms with Crippen molar-refractivity contribution in [2.45, 2.75) is 40.7 Å². The number of hydrogen-bond donors (Lipinski definition) is 1. The molecular weight excluding hydrogens is 425 g/mol. The second-order valence-corrected chi connectivity index (χ2v) is 8.09. The second kappa shape index (κ2) is 10.8. The van der Waals surface area contributed by atoms with E-state index >= 15 is 0 Å². The first-order valence-electron chi connectivity index (χ1n) is 9.15. The first-order chi connectivity index (χ1) is 12.9. The molecule has 1 aromatic carbocycles. The van der Waals surface area contributed by atoms with Gasteiger partial charge in [0, 0.05) is 36.3 Å². The van der Waals surface area contributed by atoms with Gasteiger partial charge in [-0.3, -0.25) is 9.78 Å². The van der Waals surface area contributed by atoms with E-state index in [0.717, 1.165) is 39.4 Å². The van der Waals surface area contributed by atoms with Crippen molar-refractivity contribution in [3.63, 3.8) is 0 Å². The molecule has 0 aliphatic heterocycles. The molecule has 2 aromatic heterocycles. The summed E-state index contributed by atoms with van der Waals surface area (Å²) in [6.45, 7) is 8.39. The van der Waals surface area contributed by atoms with Crippen LogP contribution in [0.5, 0.6) is 0 Å². The molecule has 0 bridgehead atoms. The monoisotopic (exact) mass is 451 g/mol. The van der Waals surface area contributed by atoms with Gasteiger partial charge in [0.2, 0.25) is 0 Å². The number of carbonyl (C=O) groups excluding carboxylic acids is 1. The maximum absolute atomic E-state index is 11.7. The van der Waals surface area contributed by atoms with Crippen molar-refractivity contribution in [2.75, 3.05) is 0 Å². The summed E-state index contributed by atoms with van der Waals surface area (Å²) in [5, 5.41) is 2.61. The SMILES string of the molecule is CC(=O)c1csc(-c2cnc(CC(C)C)c(CN)c2-c2ccc(C)cc2)n1.Cl.Cl. The van der Waals surface area contributed by atoms with Gasteiger partial charge in [0.1, 0.15) is 10.7 Å². The summed E-state index contributed by atoms with van der Waals surface area (Å²) in [5.41, 5.74) is 13.1. The third-order valence-corrected chi connectivity index (χ3v) is 5.39. The zero-order valence-electron chi connectivity index (χ0n) is 17.1. The molecule has 0 radical (unpaired) electrons. The number of Topliss-reactive ketones (excluding diaryl/α,β-unsaturated/α-hetero) is 1. The van der Waals surface area contributed by atoms with Gasteiger partial charge < -0.3 is 5.73 Å². The van der Waals surface area contributed by atoms with Gasteiger partial charge in [0.15, 0.2) is 5.78 Å². The van der Waals surface area contributed by atoms with Crippen LogP contribution in [-0.4, -0.2) is 15.8 Å². The summed E-state index contributed by atoms with van der Waals surface area (Å²) in [6.07, 6.45) is 2.76. The Labute approximate surface area is 188 Å². The van der Waals surface area contributed by atoms with E-state index in [9.17, 15) is 4.79 Å². The Morgan fingerprint density at radius 3 is 2.34 bits per heavy atom. The number of hydrogen-bond acceptors (Lipinski definition) is 5. The van der Waals surface area contributed by atoms with Crippen LogP contribution in [0.1, 0.15) is 48.1 Å². The maximum atomic E-state index is 11.7. The standard InChI is InChI=1S/C22H25N3OS.2ClH/c1-13(2)9-19-17(10-23)21(16-7-5-14(3)6-8-16)18(11-24-19)22-25-20(12-27-22)15(4)26;;/h5-8,11-13H,9-10,23H2,1-4H3;2*1H. The summed E-state index contributed by atoms with van der Waals surface area (Å²) < 4.78 is 0. The first kappa shape index (κ1) is 25.2. The smallest absolute Gasteiger partial charge is 0.178 e. The van der Waals surface area contributed by atoms with Crippen LogP contribution in [0.3, 0.4) is 0 Å². The molecule has 156 valence electrons. The van der Waals surface area contributed by atoms with Crippen LogP contribution in [0.2, 0.25) is 0 Å². The molecule has 0 aliphatic rings. The average Bonchev–Trinajstić information content (AvgIpc) is 3.12. The van der Waals surface area contributed by atoms with E-state index in [1.807, 2.05) is 6.20 Å². The summed E-state index contributed by atoms with van der Waals surface area (Å²) in [6, 6.07) is 8.44. The van der Waals surface area contributed by atoms with Gasteiger partial charge >= 0.3 is 0 Å². The minimum absolute atomic E-state index is 0. The Morgan fingerprint density at radius 1 is 1.17 bits per heavy atom. The van der Waals surface area contributed by atoms with Crippen molar-refractivity contribution < 1.29 is 4.79 Å². The van der Waals surface area contributed by atoms with Crippen molar-refractivity contribution in [1.29, 1.82) is 0 Å². The molecule has 3 rings (SSSR count). The number of thiazole rings is 1. The molecule has 0 fully saturated rings. The predicted octanol–water partition coefficient (Wildman–Crippen LogP) is 5.88. The zero-order chi connectivity index (χ0) is 19.6. The summed E-state index contributed by atoms with van der Waals surface area (Å²) >= 11 is 1.47. The highest BCUT2D eigenvalue weighted by Crippen LogP contribution is 2.37. The topological polar surface area (TPSA) is 68.9 Å². The third kappa shape index (κ3) is 5.64. The largest absolute Gasteiger partial charge is 0.326 e. The molecule has 2 N–H and O–H groups in total. The Balaban J connectivity index is 0.00000210. The molecule has 0 saturated heterocycles. The van der Waals surface area contributed by atoms with Crippen LogP contribution < -0.4 is 5.73 Å². The van der Waals surface area contributed by atoms with E-state index in [1.54, 1.807) is 5.38 Å². The summed E-state index contributed by atoms with van der Waals surface area (Å²) in [4.78, 5) is 21.0. The highest BCUT2D eigenvalue weighted by Gasteiger charge is 2.20. The Morgan fingerprint density at radius 2 is 1.83 bits per heavy atom. The molecule has 0 atom stereocenters. The highest BCUT2D eigenvalue weighted by molar-refractivity contribution is 7.13. The van der Waals surface area contributed by atoms with Gasteiger partial charge in [-0.15, -0.1) is 36.2 Å². The van der Waals surface area contributed by atoms with E-state index in [1.165, 1.54) is 23.8 Å². The average molecular weight is 452 g/mol. The fraction of sp³-hybridized carbons (Fsp3) is 0.318. The second-order valence-electron chi connectivity index (χ2n) is 7.23.